The number of aromatic nitrogens is 1. The monoisotopic (exact) mass is 326 g/mol. The van der Waals surface area contributed by atoms with Gasteiger partial charge in [0, 0.05) is 31.0 Å². The van der Waals surface area contributed by atoms with E-state index in [1.165, 1.54) is 6.07 Å². The van der Waals surface area contributed by atoms with Gasteiger partial charge in [-0.1, -0.05) is 38.1 Å². The lowest BCUT2D eigenvalue weighted by Crippen LogP contribution is -2.63. The third kappa shape index (κ3) is 2.94. The normalized spacial score (nSPS) is 21.6. The van der Waals surface area contributed by atoms with Crippen LogP contribution in [0.2, 0.25) is 0 Å². The Bertz CT molecular complexity index is 782. The zero-order valence-electron chi connectivity index (χ0n) is 14.2. The van der Waals surface area contributed by atoms with Crippen molar-refractivity contribution in [3.63, 3.8) is 0 Å². The number of hydrogen-bond donors (Lipinski definition) is 1. The van der Waals surface area contributed by atoms with Crippen molar-refractivity contribution in [3.8, 4) is 5.75 Å². The number of amides is 1. The largest absolute Gasteiger partial charge is 0.490 e. The Morgan fingerprint density at radius 3 is 2.50 bits per heavy atom. The fourth-order valence-corrected chi connectivity index (χ4v) is 3.29. The van der Waals surface area contributed by atoms with Crippen molar-refractivity contribution >= 4 is 5.91 Å². The smallest absolute Gasteiger partial charge is 0.270 e. The maximum atomic E-state index is 12.6. The van der Waals surface area contributed by atoms with Gasteiger partial charge in [0.25, 0.3) is 5.91 Å². The van der Waals surface area contributed by atoms with Gasteiger partial charge in [-0.15, -0.1) is 0 Å². The standard InChI is InChI=1S/C19H22N2O3/c1-19(2)15(12-16(19)24-13-8-5-4-6-9-13)21(3)18(23)14-10-7-11-17(22)20-14/h4-11,15-16H,12H2,1-3H3,(H,20,22). The van der Waals surface area contributed by atoms with Crippen molar-refractivity contribution in [2.24, 2.45) is 5.41 Å². The van der Waals surface area contributed by atoms with Gasteiger partial charge < -0.3 is 14.6 Å². The van der Waals surface area contributed by atoms with Crippen molar-refractivity contribution in [2.45, 2.75) is 32.4 Å². The van der Waals surface area contributed by atoms with Gasteiger partial charge in [0.1, 0.15) is 17.5 Å². The Morgan fingerprint density at radius 2 is 1.88 bits per heavy atom. The van der Waals surface area contributed by atoms with Crippen LogP contribution in [0.3, 0.4) is 0 Å². The van der Waals surface area contributed by atoms with Crippen LogP contribution in [-0.2, 0) is 0 Å². The zero-order chi connectivity index (χ0) is 17.3. The van der Waals surface area contributed by atoms with Crippen LogP contribution in [0.4, 0.5) is 0 Å². The van der Waals surface area contributed by atoms with Crippen LogP contribution in [0.15, 0.2) is 53.3 Å². The maximum Gasteiger partial charge on any atom is 0.270 e. The predicted octanol–water partition coefficient (Wildman–Crippen LogP) is 2.69. The van der Waals surface area contributed by atoms with Gasteiger partial charge in [0.2, 0.25) is 5.56 Å². The summed E-state index contributed by atoms with van der Waals surface area (Å²) >= 11 is 0. The van der Waals surface area contributed by atoms with Crippen LogP contribution in [0.25, 0.3) is 0 Å². The minimum atomic E-state index is -0.271. The minimum Gasteiger partial charge on any atom is -0.490 e. The number of ether oxygens (including phenoxy) is 1. The lowest BCUT2D eigenvalue weighted by atomic mass is 9.63. The first kappa shape index (κ1) is 16.3. The van der Waals surface area contributed by atoms with Crippen molar-refractivity contribution < 1.29 is 9.53 Å². The fraction of sp³-hybridized carbons (Fsp3) is 0.368. The Balaban J connectivity index is 1.70. The molecule has 1 fully saturated rings. The van der Waals surface area contributed by atoms with Crippen LogP contribution in [0.5, 0.6) is 5.75 Å². The van der Waals surface area contributed by atoms with Gasteiger partial charge in [-0.3, -0.25) is 9.59 Å². The molecule has 3 rings (SSSR count). The summed E-state index contributed by atoms with van der Waals surface area (Å²) in [6.45, 7) is 4.21. The van der Waals surface area contributed by atoms with Crippen LogP contribution < -0.4 is 10.3 Å². The van der Waals surface area contributed by atoms with Crippen LogP contribution in [0.1, 0.15) is 30.8 Å². The summed E-state index contributed by atoms with van der Waals surface area (Å²) in [5.41, 5.74) is -0.129. The third-order valence-corrected chi connectivity index (χ3v) is 4.93. The highest BCUT2D eigenvalue weighted by Crippen LogP contribution is 2.45. The molecule has 2 unspecified atom stereocenters. The van der Waals surface area contributed by atoms with Gasteiger partial charge in [0.05, 0.1) is 0 Å². The second-order valence-corrected chi connectivity index (χ2v) is 6.84. The highest BCUT2D eigenvalue weighted by molar-refractivity contribution is 5.92. The lowest BCUT2D eigenvalue weighted by Gasteiger charge is -2.54. The van der Waals surface area contributed by atoms with E-state index in [0.29, 0.717) is 5.69 Å². The quantitative estimate of drug-likeness (QED) is 0.939. The highest BCUT2D eigenvalue weighted by Gasteiger charge is 2.53. The van der Waals surface area contributed by atoms with Crippen LogP contribution in [0, 0.1) is 5.41 Å². The first-order chi connectivity index (χ1) is 11.4. The van der Waals surface area contributed by atoms with Gasteiger partial charge in [0.15, 0.2) is 0 Å². The molecule has 0 bridgehead atoms. The highest BCUT2D eigenvalue weighted by atomic mass is 16.5. The van der Waals surface area contributed by atoms with Crippen molar-refractivity contribution in [1.82, 2.24) is 9.88 Å². The number of nitrogens with one attached hydrogen (secondary N) is 1. The molecule has 126 valence electrons. The first-order valence-corrected chi connectivity index (χ1v) is 8.08. The number of rotatable bonds is 4. The Morgan fingerprint density at radius 1 is 1.17 bits per heavy atom. The Labute approximate surface area is 141 Å². The summed E-state index contributed by atoms with van der Waals surface area (Å²) in [6.07, 6.45) is 0.816. The van der Waals surface area contributed by atoms with Gasteiger partial charge in [-0.05, 0) is 18.2 Å². The van der Waals surface area contributed by atoms with Crippen LogP contribution in [-0.4, -0.2) is 35.0 Å². The molecule has 5 heteroatoms. The molecule has 2 aromatic rings. The molecule has 1 heterocycles. The second kappa shape index (κ2) is 6.15. The number of hydrogen-bond acceptors (Lipinski definition) is 3. The molecule has 1 N–H and O–H groups in total. The zero-order valence-corrected chi connectivity index (χ0v) is 14.2. The molecule has 1 aliphatic rings. The van der Waals surface area contributed by atoms with E-state index in [1.807, 2.05) is 30.3 Å². The minimum absolute atomic E-state index is 0.0509. The van der Waals surface area contributed by atoms with E-state index in [0.717, 1.165) is 12.2 Å². The van der Waals surface area contributed by atoms with Crippen molar-refractivity contribution in [3.05, 3.63) is 64.6 Å². The number of H-pyrrole nitrogens is 1. The molecular weight excluding hydrogens is 304 g/mol. The summed E-state index contributed by atoms with van der Waals surface area (Å²) in [5.74, 6) is 0.666. The van der Waals surface area contributed by atoms with E-state index in [2.05, 4.69) is 18.8 Å². The summed E-state index contributed by atoms with van der Waals surface area (Å²) in [4.78, 5) is 28.3. The molecule has 1 aliphatic carbocycles. The Hall–Kier alpha value is -2.56. The second-order valence-electron chi connectivity index (χ2n) is 6.84. The lowest BCUT2D eigenvalue weighted by molar-refractivity contribution is -0.0887. The van der Waals surface area contributed by atoms with E-state index in [1.54, 1.807) is 24.1 Å². The molecule has 2 atom stereocenters. The average Bonchev–Trinajstić information content (AvgIpc) is 2.58. The number of benzene rings is 1. The summed E-state index contributed by atoms with van der Waals surface area (Å²) < 4.78 is 6.05. The van der Waals surface area contributed by atoms with Crippen molar-refractivity contribution in [2.75, 3.05) is 7.05 Å². The van der Waals surface area contributed by atoms with E-state index >= 15 is 0 Å². The molecule has 1 amide bonds. The number of pyridine rings is 1. The fourth-order valence-electron chi connectivity index (χ4n) is 3.29. The Kier molecular flexibility index (Phi) is 4.18. The number of nitrogens with zero attached hydrogens (tertiary/aromatic N) is 1. The molecule has 1 saturated carbocycles. The van der Waals surface area contributed by atoms with Gasteiger partial charge in [-0.25, -0.2) is 0 Å². The number of carbonyl (C=O) groups is 1. The number of carbonyl (C=O) groups excluding carboxylic acids is 1. The molecule has 0 radical (unpaired) electrons. The van der Waals surface area contributed by atoms with E-state index in [9.17, 15) is 9.59 Å². The predicted molar refractivity (Wildman–Crippen MR) is 92.2 cm³/mol. The molecule has 1 aromatic heterocycles. The van der Waals surface area contributed by atoms with E-state index in [4.69, 9.17) is 4.74 Å². The third-order valence-electron chi connectivity index (χ3n) is 4.93. The number of aromatic amines is 1. The van der Waals surface area contributed by atoms with E-state index < -0.39 is 0 Å². The summed E-state index contributed by atoms with van der Waals surface area (Å²) in [7, 11) is 1.78. The molecule has 1 aromatic carbocycles. The molecule has 5 nitrogen and oxygen atoms in total. The topological polar surface area (TPSA) is 62.4 Å². The van der Waals surface area contributed by atoms with E-state index in [-0.39, 0.29) is 29.0 Å². The molecule has 0 spiro atoms. The van der Waals surface area contributed by atoms with Gasteiger partial charge in [-0.2, -0.15) is 0 Å². The summed E-state index contributed by atoms with van der Waals surface area (Å²) in [5, 5.41) is 0. The van der Waals surface area contributed by atoms with Crippen LogP contribution >= 0.6 is 0 Å². The van der Waals surface area contributed by atoms with Crippen molar-refractivity contribution in [1.29, 1.82) is 0 Å². The SMILES string of the molecule is CN(C(=O)c1cccc(=O)[nH]1)C1CC(Oc2ccccc2)C1(C)C. The molecular formula is C19H22N2O3. The summed E-state index contributed by atoms with van der Waals surface area (Å²) in [6, 6.07) is 14.4. The van der Waals surface area contributed by atoms with Gasteiger partial charge >= 0.3 is 0 Å². The molecule has 24 heavy (non-hydrogen) atoms. The average molecular weight is 326 g/mol. The number of para-hydroxylation sites is 1. The molecule has 0 aliphatic heterocycles. The molecule has 0 saturated heterocycles. The maximum absolute atomic E-state index is 12.6. The first-order valence-electron chi connectivity index (χ1n) is 8.08.